The van der Waals surface area contributed by atoms with Crippen LogP contribution in [0.4, 0.5) is 0 Å². The number of hydrogen-bond donors (Lipinski definition) is 3. The Bertz CT molecular complexity index is 480. The molecular weight excluding hydrogens is 234 g/mol. The number of hydrogen-bond acceptors (Lipinski definition) is 3. The number of phenolic OH excluding ortho intramolecular Hbond substituents is 1. The van der Waals surface area contributed by atoms with Gasteiger partial charge in [0.2, 0.25) is 5.91 Å². The molecule has 0 aliphatic carbocycles. The second-order valence-electron chi connectivity index (χ2n) is 3.69. The van der Waals surface area contributed by atoms with Crippen LogP contribution in [0.3, 0.4) is 0 Å². The Labute approximate surface area is 105 Å². The summed E-state index contributed by atoms with van der Waals surface area (Å²) in [5.41, 5.74) is 1.15. The molecule has 0 saturated carbocycles. The van der Waals surface area contributed by atoms with Crippen molar-refractivity contribution in [3.63, 3.8) is 0 Å². The molecule has 0 spiro atoms. The molecule has 0 bridgehead atoms. The van der Waals surface area contributed by atoms with E-state index in [0.717, 1.165) is 0 Å². The second kappa shape index (κ2) is 6.44. The van der Waals surface area contributed by atoms with E-state index in [0.29, 0.717) is 17.6 Å². The lowest BCUT2D eigenvalue weighted by molar-refractivity contribution is -0.137. The molecule has 3 N–H and O–H groups in total. The van der Waals surface area contributed by atoms with E-state index < -0.39 is 18.4 Å². The summed E-state index contributed by atoms with van der Waals surface area (Å²) in [5.74, 6) is -1.38. The number of aromatic hydroxyl groups is 1. The first kappa shape index (κ1) is 13.8. The van der Waals surface area contributed by atoms with Crippen molar-refractivity contribution >= 4 is 18.0 Å². The van der Waals surface area contributed by atoms with E-state index in [1.165, 1.54) is 12.1 Å². The second-order valence-corrected chi connectivity index (χ2v) is 3.69. The summed E-state index contributed by atoms with van der Waals surface area (Å²) in [4.78, 5) is 22.0. The van der Waals surface area contributed by atoms with Crippen LogP contribution in [0.15, 0.2) is 29.8 Å². The lowest BCUT2D eigenvalue weighted by atomic mass is 10.1. The number of aliphatic carboxylic acids is 1. The number of carboxylic acids is 1. The molecule has 0 saturated heterocycles. The molecule has 5 heteroatoms. The van der Waals surface area contributed by atoms with Crippen LogP contribution in [0.25, 0.3) is 6.08 Å². The molecule has 0 fully saturated rings. The number of carbonyl (C=O) groups is 2. The van der Waals surface area contributed by atoms with Crippen molar-refractivity contribution in [2.45, 2.75) is 13.3 Å². The van der Waals surface area contributed by atoms with E-state index in [1.54, 1.807) is 25.1 Å². The fourth-order valence-electron chi connectivity index (χ4n) is 1.41. The molecule has 0 aliphatic heterocycles. The first-order valence-electron chi connectivity index (χ1n) is 5.52. The number of benzene rings is 1. The Morgan fingerprint density at radius 3 is 2.67 bits per heavy atom. The van der Waals surface area contributed by atoms with Crippen LogP contribution >= 0.6 is 0 Å². The first-order chi connectivity index (χ1) is 8.52. The molecule has 1 aromatic rings. The van der Waals surface area contributed by atoms with Crippen LogP contribution in [-0.2, 0) is 9.59 Å². The summed E-state index contributed by atoms with van der Waals surface area (Å²) < 4.78 is 0. The van der Waals surface area contributed by atoms with E-state index in [9.17, 15) is 14.7 Å². The predicted octanol–water partition coefficient (Wildman–Crippen LogP) is 1.39. The summed E-state index contributed by atoms with van der Waals surface area (Å²) in [5, 5.41) is 20.1. The molecular formula is C13H15NO4. The summed E-state index contributed by atoms with van der Waals surface area (Å²) in [6.45, 7) is 1.39. The molecule has 0 aromatic heterocycles. The molecule has 0 radical (unpaired) electrons. The zero-order valence-corrected chi connectivity index (χ0v) is 10.0. The Morgan fingerprint density at radius 1 is 1.39 bits per heavy atom. The number of nitrogens with one attached hydrogen (secondary N) is 1. The van der Waals surface area contributed by atoms with Gasteiger partial charge in [0.1, 0.15) is 12.3 Å². The minimum atomic E-state index is -1.09. The van der Waals surface area contributed by atoms with Gasteiger partial charge >= 0.3 is 5.97 Å². The lowest BCUT2D eigenvalue weighted by Gasteiger charge is -2.05. The highest BCUT2D eigenvalue weighted by Gasteiger charge is 2.08. The van der Waals surface area contributed by atoms with Gasteiger partial charge in [-0.1, -0.05) is 19.1 Å². The Morgan fingerprint density at radius 2 is 2.11 bits per heavy atom. The average molecular weight is 249 g/mol. The smallest absolute Gasteiger partial charge is 0.322 e. The third kappa shape index (κ3) is 4.29. The monoisotopic (exact) mass is 249 g/mol. The van der Waals surface area contributed by atoms with Crippen molar-refractivity contribution in [3.8, 4) is 5.75 Å². The van der Waals surface area contributed by atoms with Gasteiger partial charge < -0.3 is 15.5 Å². The lowest BCUT2D eigenvalue weighted by Crippen LogP contribution is -2.30. The minimum absolute atomic E-state index is 0.116. The number of rotatable bonds is 5. The molecule has 0 unspecified atom stereocenters. The van der Waals surface area contributed by atoms with E-state index in [-0.39, 0.29) is 5.75 Å². The average Bonchev–Trinajstić information content (AvgIpc) is 2.33. The largest absolute Gasteiger partial charge is 0.508 e. The molecule has 18 heavy (non-hydrogen) atoms. The fourth-order valence-corrected chi connectivity index (χ4v) is 1.41. The van der Waals surface area contributed by atoms with Gasteiger partial charge in [-0.15, -0.1) is 0 Å². The van der Waals surface area contributed by atoms with E-state index >= 15 is 0 Å². The van der Waals surface area contributed by atoms with Crippen molar-refractivity contribution in [2.24, 2.45) is 0 Å². The van der Waals surface area contributed by atoms with Gasteiger partial charge in [0.25, 0.3) is 0 Å². The number of phenols is 1. The molecule has 5 nitrogen and oxygen atoms in total. The van der Waals surface area contributed by atoms with Crippen LogP contribution in [0.5, 0.6) is 5.75 Å². The van der Waals surface area contributed by atoms with Crippen LogP contribution in [0, 0.1) is 0 Å². The maximum absolute atomic E-state index is 11.7. The standard InChI is InChI=1S/C13H15NO4/c1-2-10(13(18)14-8-12(16)17)6-9-4-3-5-11(15)7-9/h3-7,15H,2,8H2,1H3,(H,14,18)(H,16,17). The Hall–Kier alpha value is -2.30. The molecule has 0 atom stereocenters. The van der Waals surface area contributed by atoms with Gasteiger partial charge in [-0.2, -0.15) is 0 Å². The van der Waals surface area contributed by atoms with Crippen LogP contribution in [0.1, 0.15) is 18.9 Å². The molecule has 0 aliphatic rings. The Kier molecular flexibility index (Phi) is 4.92. The van der Waals surface area contributed by atoms with Gasteiger partial charge in [-0.05, 0) is 30.2 Å². The number of carbonyl (C=O) groups excluding carboxylic acids is 1. The van der Waals surface area contributed by atoms with E-state index in [1.807, 2.05) is 0 Å². The summed E-state index contributed by atoms with van der Waals surface area (Å²) in [6.07, 6.45) is 2.10. The van der Waals surface area contributed by atoms with Crippen molar-refractivity contribution in [1.82, 2.24) is 5.32 Å². The highest BCUT2D eigenvalue weighted by atomic mass is 16.4. The summed E-state index contributed by atoms with van der Waals surface area (Å²) in [7, 11) is 0. The third-order valence-corrected chi connectivity index (χ3v) is 2.28. The number of carboxylic acid groups (broad SMARTS) is 1. The van der Waals surface area contributed by atoms with Crippen molar-refractivity contribution < 1.29 is 19.8 Å². The van der Waals surface area contributed by atoms with Crippen molar-refractivity contribution in [1.29, 1.82) is 0 Å². The minimum Gasteiger partial charge on any atom is -0.508 e. The Balaban J connectivity index is 2.82. The number of amides is 1. The SMILES string of the molecule is CCC(=Cc1cccc(O)c1)C(=O)NCC(=O)O. The summed E-state index contributed by atoms with van der Waals surface area (Å²) >= 11 is 0. The topological polar surface area (TPSA) is 86.6 Å². The van der Waals surface area contributed by atoms with E-state index in [4.69, 9.17) is 5.11 Å². The van der Waals surface area contributed by atoms with Gasteiger partial charge in [-0.25, -0.2) is 0 Å². The van der Waals surface area contributed by atoms with Gasteiger partial charge in [0.15, 0.2) is 0 Å². The highest BCUT2D eigenvalue weighted by molar-refractivity contribution is 5.99. The maximum atomic E-state index is 11.7. The maximum Gasteiger partial charge on any atom is 0.322 e. The predicted molar refractivity (Wildman–Crippen MR) is 67.0 cm³/mol. The molecule has 1 rings (SSSR count). The van der Waals surface area contributed by atoms with Gasteiger partial charge in [-0.3, -0.25) is 9.59 Å². The van der Waals surface area contributed by atoms with Crippen LogP contribution in [-0.4, -0.2) is 28.6 Å². The van der Waals surface area contributed by atoms with E-state index in [2.05, 4.69) is 5.32 Å². The van der Waals surface area contributed by atoms with Gasteiger partial charge in [0.05, 0.1) is 0 Å². The van der Waals surface area contributed by atoms with Crippen molar-refractivity contribution in [2.75, 3.05) is 6.54 Å². The molecule has 1 aromatic carbocycles. The zero-order valence-electron chi connectivity index (χ0n) is 10.0. The van der Waals surface area contributed by atoms with Crippen LogP contribution in [0.2, 0.25) is 0 Å². The molecule has 96 valence electrons. The highest BCUT2D eigenvalue weighted by Crippen LogP contribution is 2.15. The van der Waals surface area contributed by atoms with Gasteiger partial charge in [0, 0.05) is 5.57 Å². The van der Waals surface area contributed by atoms with Crippen LogP contribution < -0.4 is 5.32 Å². The zero-order chi connectivity index (χ0) is 13.5. The molecule has 1 amide bonds. The third-order valence-electron chi connectivity index (χ3n) is 2.28. The fraction of sp³-hybridized carbons (Fsp3) is 0.231. The first-order valence-corrected chi connectivity index (χ1v) is 5.52. The van der Waals surface area contributed by atoms with Crippen molar-refractivity contribution in [3.05, 3.63) is 35.4 Å². The quantitative estimate of drug-likeness (QED) is 0.688. The normalized spacial score (nSPS) is 11.1. The summed E-state index contributed by atoms with van der Waals surface area (Å²) in [6, 6.07) is 6.48. The molecule has 0 heterocycles.